The lowest BCUT2D eigenvalue weighted by Gasteiger charge is -2.30. The molecule has 0 bridgehead atoms. The van der Waals surface area contributed by atoms with Crippen LogP contribution in [0.15, 0.2) is 52.1 Å². The molecule has 194 valence electrons. The summed E-state index contributed by atoms with van der Waals surface area (Å²) in [6, 6.07) is 12.9. The van der Waals surface area contributed by atoms with Crippen LogP contribution in [0.4, 0.5) is 0 Å². The molecule has 1 aromatic heterocycles. The molecule has 0 aliphatic carbocycles. The number of benzene rings is 2. The Labute approximate surface area is 215 Å². The highest BCUT2D eigenvalue weighted by Gasteiger charge is 2.31. The largest absolute Gasteiger partial charge is 0.466 e. The average molecular weight is 505 g/mol. The molecule has 0 spiro atoms. The summed E-state index contributed by atoms with van der Waals surface area (Å²) in [5.74, 6) is -1.10. The van der Waals surface area contributed by atoms with E-state index in [4.69, 9.17) is 4.74 Å². The van der Waals surface area contributed by atoms with E-state index < -0.39 is 17.2 Å². The number of hydrogen-bond donors (Lipinski definition) is 0. The summed E-state index contributed by atoms with van der Waals surface area (Å²) < 4.78 is 7.31. The molecule has 0 radical (unpaired) electrons. The van der Waals surface area contributed by atoms with Gasteiger partial charge in [0.25, 0.3) is 11.5 Å². The summed E-state index contributed by atoms with van der Waals surface area (Å²) in [7, 11) is 0. The fourth-order valence-electron chi connectivity index (χ4n) is 4.50. The van der Waals surface area contributed by atoms with Gasteiger partial charge in [-0.15, -0.1) is 0 Å². The van der Waals surface area contributed by atoms with Gasteiger partial charge in [0.15, 0.2) is 0 Å². The maximum Gasteiger partial charge on any atom is 0.352 e. The molecule has 0 atom stereocenters. The van der Waals surface area contributed by atoms with Gasteiger partial charge in [-0.1, -0.05) is 30.3 Å². The summed E-state index contributed by atoms with van der Waals surface area (Å²) in [5, 5.41) is 4.28. The predicted octanol–water partition coefficient (Wildman–Crippen LogP) is 2.78. The van der Waals surface area contributed by atoms with Crippen molar-refractivity contribution >= 4 is 11.9 Å². The molecule has 1 amide bonds. The van der Waals surface area contributed by atoms with Crippen LogP contribution in [0.1, 0.15) is 52.5 Å². The van der Waals surface area contributed by atoms with Crippen molar-refractivity contribution in [3.05, 3.63) is 91.3 Å². The molecule has 1 fully saturated rings. The molecule has 1 aliphatic rings. The summed E-state index contributed by atoms with van der Waals surface area (Å²) in [6.45, 7) is 8.47. The fourth-order valence-corrected chi connectivity index (χ4v) is 4.50. The molecule has 37 heavy (non-hydrogen) atoms. The molecule has 4 rings (SSSR count). The number of carbonyl (C=O) groups is 2. The summed E-state index contributed by atoms with van der Waals surface area (Å²) in [5.41, 5.74) is 2.54. The SMILES string of the molecule is CCOC(=O)C1CCN(C(=O)c2nn(-c3ccc(C)c(C)c3)c(=O)n(Cc3ccccc3C)c2=O)CC1. The number of esters is 1. The molecule has 2 aromatic carbocycles. The number of amides is 1. The number of nitrogens with zero attached hydrogens (tertiary/aromatic N) is 4. The monoisotopic (exact) mass is 504 g/mol. The van der Waals surface area contributed by atoms with Crippen LogP contribution < -0.4 is 11.2 Å². The third-order valence-corrected chi connectivity index (χ3v) is 6.99. The Hall–Kier alpha value is -4.01. The first-order valence-corrected chi connectivity index (χ1v) is 12.5. The lowest BCUT2D eigenvalue weighted by molar-refractivity contribution is -0.149. The third-order valence-electron chi connectivity index (χ3n) is 6.99. The van der Waals surface area contributed by atoms with Crippen molar-refractivity contribution in [3.63, 3.8) is 0 Å². The molecule has 9 heteroatoms. The van der Waals surface area contributed by atoms with E-state index in [1.54, 1.807) is 13.0 Å². The maximum absolute atomic E-state index is 13.5. The Balaban J connectivity index is 1.76. The highest BCUT2D eigenvalue weighted by Crippen LogP contribution is 2.20. The number of likely N-dealkylation sites (tertiary alicyclic amines) is 1. The molecule has 9 nitrogen and oxygen atoms in total. The predicted molar refractivity (Wildman–Crippen MR) is 139 cm³/mol. The van der Waals surface area contributed by atoms with Gasteiger partial charge in [0.2, 0.25) is 5.69 Å². The van der Waals surface area contributed by atoms with Gasteiger partial charge in [-0.25, -0.2) is 4.79 Å². The number of carbonyl (C=O) groups excluding carboxylic acids is 2. The van der Waals surface area contributed by atoms with E-state index in [-0.39, 0.29) is 24.1 Å². The van der Waals surface area contributed by atoms with E-state index in [2.05, 4.69) is 5.10 Å². The number of aryl methyl sites for hydroxylation is 3. The Kier molecular flexibility index (Phi) is 7.71. The van der Waals surface area contributed by atoms with Crippen molar-refractivity contribution in [2.45, 2.75) is 47.1 Å². The molecule has 3 aromatic rings. The number of rotatable bonds is 6. The van der Waals surface area contributed by atoms with Gasteiger partial charge in [-0.3, -0.25) is 19.0 Å². The maximum atomic E-state index is 13.5. The average Bonchev–Trinajstić information content (AvgIpc) is 2.89. The summed E-state index contributed by atoms with van der Waals surface area (Å²) in [4.78, 5) is 54.2. The van der Waals surface area contributed by atoms with Crippen molar-refractivity contribution in [1.82, 2.24) is 19.2 Å². The van der Waals surface area contributed by atoms with Crippen LogP contribution in [0.2, 0.25) is 0 Å². The van der Waals surface area contributed by atoms with Crippen LogP contribution in [0.3, 0.4) is 0 Å². The minimum absolute atomic E-state index is 0.0168. The quantitative estimate of drug-likeness (QED) is 0.478. The van der Waals surface area contributed by atoms with Gasteiger partial charge in [0, 0.05) is 13.1 Å². The van der Waals surface area contributed by atoms with Crippen LogP contribution >= 0.6 is 0 Å². The molecular weight excluding hydrogens is 472 g/mol. The van der Waals surface area contributed by atoms with E-state index in [1.807, 2.05) is 57.2 Å². The highest BCUT2D eigenvalue weighted by atomic mass is 16.5. The summed E-state index contributed by atoms with van der Waals surface area (Å²) >= 11 is 0. The molecule has 2 heterocycles. The summed E-state index contributed by atoms with van der Waals surface area (Å²) in [6.07, 6.45) is 0.886. The van der Waals surface area contributed by atoms with E-state index in [1.165, 1.54) is 4.90 Å². The van der Waals surface area contributed by atoms with E-state index in [9.17, 15) is 19.2 Å². The first kappa shape index (κ1) is 26.1. The molecule has 0 N–H and O–H groups in total. The van der Waals surface area contributed by atoms with Crippen LogP contribution in [0, 0.1) is 26.7 Å². The van der Waals surface area contributed by atoms with Gasteiger partial charge in [-0.2, -0.15) is 9.78 Å². The zero-order valence-electron chi connectivity index (χ0n) is 21.7. The first-order valence-electron chi connectivity index (χ1n) is 12.5. The molecule has 0 saturated carbocycles. The Morgan fingerprint density at radius 2 is 1.68 bits per heavy atom. The van der Waals surface area contributed by atoms with Crippen LogP contribution in [0.25, 0.3) is 5.69 Å². The third kappa shape index (κ3) is 5.40. The highest BCUT2D eigenvalue weighted by molar-refractivity contribution is 5.92. The van der Waals surface area contributed by atoms with Gasteiger partial charge in [0.05, 0.1) is 24.8 Å². The Morgan fingerprint density at radius 3 is 2.32 bits per heavy atom. The van der Waals surface area contributed by atoms with Gasteiger partial charge < -0.3 is 9.64 Å². The van der Waals surface area contributed by atoms with E-state index >= 15 is 0 Å². The molecule has 1 saturated heterocycles. The second-order valence-electron chi connectivity index (χ2n) is 9.45. The van der Waals surface area contributed by atoms with Crippen molar-refractivity contribution in [2.75, 3.05) is 19.7 Å². The van der Waals surface area contributed by atoms with E-state index in [0.29, 0.717) is 38.2 Å². The topological polar surface area (TPSA) is 104 Å². The number of aromatic nitrogens is 3. The fraction of sp³-hybridized carbons (Fsp3) is 0.393. The minimum Gasteiger partial charge on any atom is -0.466 e. The molecular formula is C28H32N4O5. The van der Waals surface area contributed by atoms with Crippen LogP contribution in [0.5, 0.6) is 0 Å². The van der Waals surface area contributed by atoms with Crippen molar-refractivity contribution < 1.29 is 14.3 Å². The van der Waals surface area contributed by atoms with Crippen molar-refractivity contribution in [3.8, 4) is 5.69 Å². The van der Waals surface area contributed by atoms with Crippen molar-refractivity contribution in [2.24, 2.45) is 5.92 Å². The smallest absolute Gasteiger partial charge is 0.352 e. The van der Waals surface area contributed by atoms with Gasteiger partial charge in [-0.05, 0) is 74.9 Å². The standard InChI is InChI=1S/C28H32N4O5/c1-5-37-27(35)21-12-14-30(15-13-21)25(33)24-26(34)31(17-22-9-7-6-8-19(22)3)28(36)32(29-24)23-11-10-18(2)20(4)16-23/h6-11,16,21H,5,12-15,17H2,1-4H3. The number of ether oxygens (including phenoxy) is 1. The zero-order valence-corrected chi connectivity index (χ0v) is 21.7. The second kappa shape index (κ2) is 10.9. The van der Waals surface area contributed by atoms with Crippen molar-refractivity contribution in [1.29, 1.82) is 0 Å². The molecule has 0 unspecified atom stereocenters. The lowest BCUT2D eigenvalue weighted by atomic mass is 9.97. The van der Waals surface area contributed by atoms with Crippen LogP contribution in [-0.2, 0) is 16.1 Å². The number of hydrogen-bond acceptors (Lipinski definition) is 6. The normalized spacial score (nSPS) is 14.0. The Bertz CT molecular complexity index is 1450. The molecule has 1 aliphatic heterocycles. The zero-order chi connectivity index (χ0) is 26.7. The van der Waals surface area contributed by atoms with Gasteiger partial charge in [0.1, 0.15) is 0 Å². The lowest BCUT2D eigenvalue weighted by Crippen LogP contribution is -2.48. The minimum atomic E-state index is -0.731. The van der Waals surface area contributed by atoms with Crippen LogP contribution in [-0.4, -0.2) is 50.8 Å². The second-order valence-corrected chi connectivity index (χ2v) is 9.45. The van der Waals surface area contributed by atoms with Gasteiger partial charge >= 0.3 is 11.7 Å². The van der Waals surface area contributed by atoms with E-state index in [0.717, 1.165) is 31.5 Å². The first-order chi connectivity index (χ1) is 17.7. The number of piperidine rings is 1. The Morgan fingerprint density at radius 1 is 0.973 bits per heavy atom.